The van der Waals surface area contributed by atoms with Crippen LogP contribution in [0, 0.1) is 0 Å². The summed E-state index contributed by atoms with van der Waals surface area (Å²) in [5, 5.41) is 5.34. The van der Waals surface area contributed by atoms with Crippen LogP contribution in [0.1, 0.15) is 0 Å². The molecule has 1 N–H and O–H groups in total. The number of methoxy groups -OCH3 is 1. The Bertz CT molecular complexity index is 1210. The molecule has 0 aliphatic rings. The molecule has 1 amide bonds. The van der Waals surface area contributed by atoms with Gasteiger partial charge in [-0.05, 0) is 23.8 Å². The molecular weight excluding hydrogens is 370 g/mol. The fourth-order valence-corrected chi connectivity index (χ4v) is 2.96. The van der Waals surface area contributed by atoms with Crippen molar-refractivity contribution in [3.63, 3.8) is 0 Å². The number of hydrogen-bond donors (Lipinski definition) is 1. The van der Waals surface area contributed by atoms with Gasteiger partial charge in [-0.2, -0.15) is 5.10 Å². The van der Waals surface area contributed by atoms with Gasteiger partial charge in [0.1, 0.15) is 6.61 Å². The molecule has 0 saturated carbocycles. The number of hydrogen-bond acceptors (Lipinski definition) is 5. The number of aromatic nitrogens is 4. The number of benzene rings is 1. The number of halogens is 1. The summed E-state index contributed by atoms with van der Waals surface area (Å²) in [5.74, 6) is -0.433. The van der Waals surface area contributed by atoms with Crippen molar-refractivity contribution < 1.29 is 9.53 Å². The lowest BCUT2D eigenvalue weighted by Gasteiger charge is -2.09. The molecule has 0 bridgehead atoms. The number of carbonyl (C=O) groups is 1. The molecule has 4 aromatic rings. The number of amides is 1. The van der Waals surface area contributed by atoms with E-state index in [0.717, 1.165) is 15.8 Å². The second kappa shape index (κ2) is 6.82. The number of pyridine rings is 1. The zero-order valence-electron chi connectivity index (χ0n) is 14.2. The van der Waals surface area contributed by atoms with Crippen LogP contribution in [0.15, 0.2) is 53.7 Å². The molecule has 3 aromatic heterocycles. The maximum absolute atomic E-state index is 12.6. The van der Waals surface area contributed by atoms with E-state index in [4.69, 9.17) is 16.3 Å². The zero-order chi connectivity index (χ0) is 19.0. The molecule has 0 spiro atoms. The van der Waals surface area contributed by atoms with Crippen molar-refractivity contribution >= 4 is 34.1 Å². The number of rotatable bonds is 4. The van der Waals surface area contributed by atoms with E-state index in [1.165, 1.54) is 19.5 Å². The largest absolute Gasteiger partial charge is 0.375 e. The Morgan fingerprint density at radius 3 is 2.74 bits per heavy atom. The summed E-state index contributed by atoms with van der Waals surface area (Å²) < 4.78 is 7.45. The summed E-state index contributed by atoms with van der Waals surface area (Å²) in [6, 6.07) is 9.05. The number of nitrogens with one attached hydrogen (secondary N) is 1. The highest BCUT2D eigenvalue weighted by atomic mass is 35.5. The van der Waals surface area contributed by atoms with Crippen LogP contribution in [0.3, 0.4) is 0 Å². The van der Waals surface area contributed by atoms with Gasteiger partial charge in [0.25, 0.3) is 11.5 Å². The molecule has 136 valence electrons. The standard InChI is InChI=1S/C18H14ClN5O3/c1-27-10-16(25)22-23-7-6-15-14(18(23)26)8-20-17-13(9-21-24(15)17)11-2-4-12(19)5-3-11/h2-9H,10H2,1H3,(H,22,25). The third kappa shape index (κ3) is 3.05. The first-order chi connectivity index (χ1) is 13.1. The molecule has 9 heteroatoms. The lowest BCUT2D eigenvalue weighted by Crippen LogP contribution is -2.34. The summed E-state index contributed by atoms with van der Waals surface area (Å²) in [4.78, 5) is 28.7. The van der Waals surface area contributed by atoms with Crippen LogP contribution in [-0.2, 0) is 9.53 Å². The maximum atomic E-state index is 12.6. The van der Waals surface area contributed by atoms with Crippen LogP contribution in [0.25, 0.3) is 27.7 Å². The number of carbonyl (C=O) groups excluding carboxylic acids is 1. The molecular formula is C18H14ClN5O3. The monoisotopic (exact) mass is 383 g/mol. The van der Waals surface area contributed by atoms with Crippen LogP contribution >= 0.6 is 11.6 Å². The van der Waals surface area contributed by atoms with Gasteiger partial charge >= 0.3 is 0 Å². The lowest BCUT2D eigenvalue weighted by molar-refractivity contribution is -0.120. The van der Waals surface area contributed by atoms with E-state index in [1.807, 2.05) is 12.1 Å². The van der Waals surface area contributed by atoms with Crippen LogP contribution in [0.4, 0.5) is 0 Å². The second-order valence-corrected chi connectivity index (χ2v) is 6.25. The van der Waals surface area contributed by atoms with E-state index in [2.05, 4.69) is 15.5 Å². The number of fused-ring (bicyclic) bond motifs is 3. The van der Waals surface area contributed by atoms with Crippen molar-refractivity contribution in [3.05, 3.63) is 64.3 Å². The van der Waals surface area contributed by atoms with Gasteiger partial charge in [0.05, 0.1) is 17.1 Å². The average molecular weight is 384 g/mol. The molecule has 0 atom stereocenters. The quantitative estimate of drug-likeness (QED) is 0.582. The molecule has 1 aromatic carbocycles. The number of ether oxygens (including phenoxy) is 1. The van der Waals surface area contributed by atoms with Crippen LogP contribution in [-0.4, -0.2) is 38.9 Å². The first-order valence-corrected chi connectivity index (χ1v) is 8.39. The predicted molar refractivity (Wildman–Crippen MR) is 101 cm³/mol. The molecule has 3 heterocycles. The van der Waals surface area contributed by atoms with Crippen molar-refractivity contribution in [2.24, 2.45) is 0 Å². The van der Waals surface area contributed by atoms with Gasteiger partial charge < -0.3 is 4.74 Å². The second-order valence-electron chi connectivity index (χ2n) is 5.82. The Morgan fingerprint density at radius 1 is 1.22 bits per heavy atom. The van der Waals surface area contributed by atoms with E-state index >= 15 is 0 Å². The fourth-order valence-electron chi connectivity index (χ4n) is 2.84. The van der Waals surface area contributed by atoms with E-state index < -0.39 is 11.5 Å². The molecule has 27 heavy (non-hydrogen) atoms. The Hall–Kier alpha value is -3.23. The highest BCUT2D eigenvalue weighted by molar-refractivity contribution is 6.30. The van der Waals surface area contributed by atoms with Crippen LogP contribution < -0.4 is 11.0 Å². The normalized spacial score (nSPS) is 11.2. The minimum atomic E-state index is -0.433. The van der Waals surface area contributed by atoms with E-state index in [1.54, 1.807) is 28.9 Å². The Balaban J connectivity index is 1.83. The molecule has 0 aliphatic carbocycles. The van der Waals surface area contributed by atoms with E-state index in [0.29, 0.717) is 21.6 Å². The van der Waals surface area contributed by atoms with Gasteiger partial charge in [-0.25, -0.2) is 14.2 Å². The highest BCUT2D eigenvalue weighted by Crippen LogP contribution is 2.26. The number of nitrogens with zero attached hydrogens (tertiary/aromatic N) is 4. The molecule has 0 fully saturated rings. The van der Waals surface area contributed by atoms with Crippen LogP contribution in [0.2, 0.25) is 5.02 Å². The first kappa shape index (κ1) is 17.2. The first-order valence-electron chi connectivity index (χ1n) is 8.01. The Labute approximate surface area is 157 Å². The topological polar surface area (TPSA) is 90.5 Å². The molecule has 0 saturated heterocycles. The Morgan fingerprint density at radius 2 is 2.00 bits per heavy atom. The van der Waals surface area contributed by atoms with Crippen molar-refractivity contribution in [1.29, 1.82) is 0 Å². The maximum Gasteiger partial charge on any atom is 0.280 e. The minimum Gasteiger partial charge on any atom is -0.375 e. The van der Waals surface area contributed by atoms with Gasteiger partial charge in [0.15, 0.2) is 5.65 Å². The Kier molecular flexibility index (Phi) is 4.35. The van der Waals surface area contributed by atoms with Crippen LogP contribution in [0.5, 0.6) is 0 Å². The third-order valence-electron chi connectivity index (χ3n) is 4.07. The minimum absolute atomic E-state index is 0.147. The average Bonchev–Trinajstić information content (AvgIpc) is 3.09. The van der Waals surface area contributed by atoms with E-state index in [9.17, 15) is 9.59 Å². The van der Waals surface area contributed by atoms with E-state index in [-0.39, 0.29) is 6.61 Å². The molecule has 0 aliphatic heterocycles. The van der Waals surface area contributed by atoms with Gasteiger partial charge in [-0.1, -0.05) is 23.7 Å². The third-order valence-corrected chi connectivity index (χ3v) is 4.32. The van der Waals surface area contributed by atoms with Gasteiger partial charge in [0, 0.05) is 30.1 Å². The summed E-state index contributed by atoms with van der Waals surface area (Å²) in [6.07, 6.45) is 4.64. The summed E-state index contributed by atoms with van der Waals surface area (Å²) in [7, 11) is 1.40. The smallest absolute Gasteiger partial charge is 0.280 e. The summed E-state index contributed by atoms with van der Waals surface area (Å²) in [6.45, 7) is -0.147. The molecule has 0 unspecified atom stereocenters. The summed E-state index contributed by atoms with van der Waals surface area (Å²) in [5.41, 5.74) is 5.00. The zero-order valence-corrected chi connectivity index (χ0v) is 15.0. The predicted octanol–water partition coefficient (Wildman–Crippen LogP) is 2.08. The van der Waals surface area contributed by atoms with Gasteiger partial charge in [-0.15, -0.1) is 0 Å². The molecule has 4 rings (SSSR count). The van der Waals surface area contributed by atoms with Gasteiger partial charge in [-0.3, -0.25) is 15.0 Å². The van der Waals surface area contributed by atoms with Gasteiger partial charge in [0.2, 0.25) is 0 Å². The SMILES string of the molecule is COCC(=O)Nn1ccc2c(cnc3c(-c4ccc(Cl)cc4)cnn32)c1=O. The molecule has 8 nitrogen and oxygen atoms in total. The molecule has 0 radical (unpaired) electrons. The van der Waals surface area contributed by atoms with Crippen molar-refractivity contribution in [2.45, 2.75) is 0 Å². The summed E-state index contributed by atoms with van der Waals surface area (Å²) >= 11 is 5.95. The van der Waals surface area contributed by atoms with Crippen molar-refractivity contribution in [2.75, 3.05) is 19.1 Å². The lowest BCUT2D eigenvalue weighted by atomic mass is 10.1. The van der Waals surface area contributed by atoms with Crippen molar-refractivity contribution in [1.82, 2.24) is 19.3 Å². The fraction of sp³-hybridized carbons (Fsp3) is 0.111. The van der Waals surface area contributed by atoms with Crippen molar-refractivity contribution in [3.8, 4) is 11.1 Å². The highest BCUT2D eigenvalue weighted by Gasteiger charge is 2.13.